The van der Waals surface area contributed by atoms with E-state index >= 15 is 0 Å². The topological polar surface area (TPSA) is 50.7 Å². The number of ether oxygens (including phenoxy) is 2. The number of nitrogens with one attached hydrogen (secondary N) is 1. The fourth-order valence-electron chi connectivity index (χ4n) is 1.68. The van der Waals surface area contributed by atoms with Crippen molar-refractivity contribution in [3.63, 3.8) is 0 Å². The number of hydrogen-bond donors (Lipinski definition) is 2. The SMILES string of the molecule is CNCC(CO)c1cc(OC)ccc1OC. The third-order valence-corrected chi connectivity index (χ3v) is 2.55. The van der Waals surface area contributed by atoms with Crippen LogP contribution in [0.25, 0.3) is 0 Å². The lowest BCUT2D eigenvalue weighted by Crippen LogP contribution is -2.20. The molecular formula is C12H19NO3. The molecule has 0 fully saturated rings. The molecule has 4 heteroatoms. The second-order valence-electron chi connectivity index (χ2n) is 3.55. The summed E-state index contributed by atoms with van der Waals surface area (Å²) in [6.45, 7) is 0.768. The van der Waals surface area contributed by atoms with Crippen LogP contribution < -0.4 is 14.8 Å². The highest BCUT2D eigenvalue weighted by Crippen LogP contribution is 2.30. The van der Waals surface area contributed by atoms with Crippen LogP contribution >= 0.6 is 0 Å². The summed E-state index contributed by atoms with van der Waals surface area (Å²) in [6, 6.07) is 5.60. The Balaban J connectivity index is 3.05. The summed E-state index contributed by atoms with van der Waals surface area (Å²) < 4.78 is 10.4. The first kappa shape index (κ1) is 12.8. The van der Waals surface area contributed by atoms with E-state index in [4.69, 9.17) is 9.47 Å². The van der Waals surface area contributed by atoms with Crippen LogP contribution in [0.1, 0.15) is 11.5 Å². The van der Waals surface area contributed by atoms with Gasteiger partial charge in [-0.1, -0.05) is 0 Å². The fourth-order valence-corrected chi connectivity index (χ4v) is 1.68. The molecule has 0 bridgehead atoms. The maximum absolute atomic E-state index is 9.36. The number of methoxy groups -OCH3 is 2. The Morgan fingerprint density at radius 2 is 2.06 bits per heavy atom. The molecule has 0 aliphatic rings. The average Bonchev–Trinajstić information content (AvgIpc) is 2.35. The molecule has 0 amide bonds. The molecule has 0 aromatic heterocycles. The molecular weight excluding hydrogens is 206 g/mol. The van der Waals surface area contributed by atoms with Crippen LogP contribution in [0.2, 0.25) is 0 Å². The highest BCUT2D eigenvalue weighted by atomic mass is 16.5. The molecule has 1 aromatic rings. The molecule has 16 heavy (non-hydrogen) atoms. The van der Waals surface area contributed by atoms with E-state index in [0.29, 0.717) is 6.54 Å². The quantitative estimate of drug-likeness (QED) is 0.758. The van der Waals surface area contributed by atoms with E-state index in [1.165, 1.54) is 0 Å². The highest BCUT2D eigenvalue weighted by Gasteiger charge is 2.15. The number of benzene rings is 1. The molecule has 1 aromatic carbocycles. The molecule has 0 heterocycles. The predicted octanol–water partition coefficient (Wildman–Crippen LogP) is 0.999. The minimum atomic E-state index is 0.00931. The normalized spacial score (nSPS) is 12.2. The number of rotatable bonds is 6. The van der Waals surface area contributed by atoms with Gasteiger partial charge in [-0.25, -0.2) is 0 Å². The first-order chi connectivity index (χ1) is 7.76. The molecule has 0 spiro atoms. The Morgan fingerprint density at radius 3 is 2.56 bits per heavy atom. The van der Waals surface area contributed by atoms with Gasteiger partial charge in [0.25, 0.3) is 0 Å². The zero-order valence-electron chi connectivity index (χ0n) is 9.99. The highest BCUT2D eigenvalue weighted by molar-refractivity contribution is 5.42. The summed E-state index contributed by atoms with van der Waals surface area (Å²) in [5.74, 6) is 1.55. The van der Waals surface area contributed by atoms with Crippen molar-refractivity contribution in [1.29, 1.82) is 0 Å². The van der Waals surface area contributed by atoms with Crippen LogP contribution in [0.15, 0.2) is 18.2 Å². The monoisotopic (exact) mass is 225 g/mol. The van der Waals surface area contributed by atoms with Gasteiger partial charge in [-0.2, -0.15) is 0 Å². The van der Waals surface area contributed by atoms with Crippen molar-refractivity contribution in [3.8, 4) is 11.5 Å². The zero-order chi connectivity index (χ0) is 12.0. The maximum atomic E-state index is 9.36. The standard InChI is InChI=1S/C12H19NO3/c1-13-7-9(8-14)11-6-10(15-2)4-5-12(11)16-3/h4-6,9,13-14H,7-8H2,1-3H3. The van der Waals surface area contributed by atoms with Crippen LogP contribution in [0, 0.1) is 0 Å². The summed E-state index contributed by atoms with van der Waals surface area (Å²) in [5.41, 5.74) is 0.957. The molecule has 90 valence electrons. The minimum Gasteiger partial charge on any atom is -0.497 e. The van der Waals surface area contributed by atoms with Crippen LogP contribution in [-0.2, 0) is 0 Å². The van der Waals surface area contributed by atoms with Crippen molar-refractivity contribution in [2.24, 2.45) is 0 Å². The first-order valence-electron chi connectivity index (χ1n) is 5.24. The predicted molar refractivity (Wildman–Crippen MR) is 63.3 cm³/mol. The summed E-state index contributed by atoms with van der Waals surface area (Å²) in [5, 5.41) is 12.4. The van der Waals surface area contributed by atoms with Crippen LogP contribution in [0.3, 0.4) is 0 Å². The number of aliphatic hydroxyl groups excluding tert-OH is 1. The van der Waals surface area contributed by atoms with Gasteiger partial charge in [0.1, 0.15) is 11.5 Å². The largest absolute Gasteiger partial charge is 0.497 e. The lowest BCUT2D eigenvalue weighted by Gasteiger charge is -2.18. The van der Waals surface area contributed by atoms with Crippen LogP contribution in [0.5, 0.6) is 11.5 Å². The van der Waals surface area contributed by atoms with Crippen molar-refractivity contribution < 1.29 is 14.6 Å². The third-order valence-electron chi connectivity index (χ3n) is 2.55. The Morgan fingerprint density at radius 1 is 1.31 bits per heavy atom. The van der Waals surface area contributed by atoms with Gasteiger partial charge in [0.2, 0.25) is 0 Å². The summed E-state index contributed by atoms with van der Waals surface area (Å²) in [6.07, 6.45) is 0. The molecule has 0 aliphatic carbocycles. The van der Waals surface area contributed by atoms with Crippen molar-refractivity contribution in [2.75, 3.05) is 34.4 Å². The number of likely N-dealkylation sites (N-methyl/N-ethyl adjacent to an activating group) is 1. The van der Waals surface area contributed by atoms with Gasteiger partial charge in [-0.05, 0) is 25.2 Å². The molecule has 1 unspecified atom stereocenters. The Hall–Kier alpha value is -1.26. The Bertz CT molecular complexity index is 328. The van der Waals surface area contributed by atoms with E-state index in [2.05, 4.69) is 5.32 Å². The first-order valence-corrected chi connectivity index (χ1v) is 5.24. The van der Waals surface area contributed by atoms with Crippen molar-refractivity contribution in [2.45, 2.75) is 5.92 Å². The zero-order valence-corrected chi connectivity index (χ0v) is 9.99. The van der Waals surface area contributed by atoms with Crippen molar-refractivity contribution in [3.05, 3.63) is 23.8 Å². The van der Waals surface area contributed by atoms with E-state index in [1.54, 1.807) is 14.2 Å². The second-order valence-corrected chi connectivity index (χ2v) is 3.55. The van der Waals surface area contributed by atoms with Crippen molar-refractivity contribution >= 4 is 0 Å². The minimum absolute atomic E-state index is 0.00931. The van der Waals surface area contributed by atoms with Gasteiger partial charge in [0.05, 0.1) is 20.8 Å². The van der Waals surface area contributed by atoms with Gasteiger partial charge in [-0.15, -0.1) is 0 Å². The van der Waals surface area contributed by atoms with E-state index in [-0.39, 0.29) is 12.5 Å². The molecule has 1 atom stereocenters. The maximum Gasteiger partial charge on any atom is 0.122 e. The lowest BCUT2D eigenvalue weighted by molar-refractivity contribution is 0.259. The Kier molecular flexibility index (Phi) is 5.08. The number of hydrogen-bond acceptors (Lipinski definition) is 4. The lowest BCUT2D eigenvalue weighted by atomic mass is 9.98. The smallest absolute Gasteiger partial charge is 0.122 e. The third kappa shape index (κ3) is 2.87. The fraction of sp³-hybridized carbons (Fsp3) is 0.500. The molecule has 0 aliphatic heterocycles. The van der Waals surface area contributed by atoms with Gasteiger partial charge in [0, 0.05) is 18.0 Å². The molecule has 0 saturated carbocycles. The Labute approximate surface area is 96.2 Å². The summed E-state index contributed by atoms with van der Waals surface area (Å²) in [7, 11) is 5.10. The molecule has 2 N–H and O–H groups in total. The molecule has 0 radical (unpaired) electrons. The molecule has 4 nitrogen and oxygen atoms in total. The molecule has 1 rings (SSSR count). The van der Waals surface area contributed by atoms with Gasteiger partial charge < -0.3 is 19.9 Å². The number of aliphatic hydroxyl groups is 1. The van der Waals surface area contributed by atoms with E-state index in [9.17, 15) is 5.11 Å². The summed E-state index contributed by atoms with van der Waals surface area (Å²) in [4.78, 5) is 0. The van der Waals surface area contributed by atoms with E-state index < -0.39 is 0 Å². The second kappa shape index (κ2) is 6.35. The van der Waals surface area contributed by atoms with E-state index in [1.807, 2.05) is 25.2 Å². The summed E-state index contributed by atoms with van der Waals surface area (Å²) >= 11 is 0. The molecule has 0 saturated heterocycles. The van der Waals surface area contributed by atoms with Gasteiger partial charge in [0.15, 0.2) is 0 Å². The van der Waals surface area contributed by atoms with Gasteiger partial charge in [-0.3, -0.25) is 0 Å². The van der Waals surface area contributed by atoms with Crippen LogP contribution in [-0.4, -0.2) is 39.5 Å². The van der Waals surface area contributed by atoms with Gasteiger partial charge >= 0.3 is 0 Å². The van der Waals surface area contributed by atoms with Crippen LogP contribution in [0.4, 0.5) is 0 Å². The van der Waals surface area contributed by atoms with E-state index in [0.717, 1.165) is 17.1 Å². The van der Waals surface area contributed by atoms with Crippen molar-refractivity contribution in [1.82, 2.24) is 5.32 Å². The average molecular weight is 225 g/mol.